The molecule has 0 bridgehead atoms. The maximum absolute atomic E-state index is 12.6. The zero-order valence-electron chi connectivity index (χ0n) is 12.4. The smallest absolute Gasteiger partial charge is 0.433 e. The van der Waals surface area contributed by atoms with Gasteiger partial charge in [0.2, 0.25) is 0 Å². The molecule has 0 aliphatic carbocycles. The Morgan fingerprint density at radius 3 is 2.52 bits per heavy atom. The molecule has 1 aromatic rings. The van der Waals surface area contributed by atoms with E-state index in [4.69, 9.17) is 4.74 Å². The molecule has 0 aliphatic rings. The van der Waals surface area contributed by atoms with Gasteiger partial charge in [0.25, 0.3) is 0 Å². The van der Waals surface area contributed by atoms with Crippen LogP contribution in [0.2, 0.25) is 0 Å². The minimum Gasteiger partial charge on any atom is -0.444 e. The fraction of sp³-hybridized carbons (Fsp3) is 0.571. The summed E-state index contributed by atoms with van der Waals surface area (Å²) in [6, 6.07) is 2.48. The van der Waals surface area contributed by atoms with Gasteiger partial charge < -0.3 is 10.1 Å². The molecule has 7 heteroatoms. The van der Waals surface area contributed by atoms with Crippen molar-refractivity contribution in [2.24, 2.45) is 0 Å². The Hall–Kier alpha value is -1.79. The Balaban J connectivity index is 2.64. The number of amides is 1. The molecule has 1 atom stereocenters. The lowest BCUT2D eigenvalue weighted by Gasteiger charge is -2.21. The molecule has 4 nitrogen and oxygen atoms in total. The molecule has 1 rings (SSSR count). The zero-order chi connectivity index (χ0) is 16.3. The number of hydrogen-bond acceptors (Lipinski definition) is 3. The van der Waals surface area contributed by atoms with Gasteiger partial charge >= 0.3 is 12.3 Å². The molecule has 1 heterocycles. The lowest BCUT2D eigenvalue weighted by Crippen LogP contribution is -2.34. The number of nitrogens with zero attached hydrogens (tertiary/aromatic N) is 1. The Labute approximate surface area is 121 Å². The lowest BCUT2D eigenvalue weighted by atomic mass is 10.0. The molecular weight excluding hydrogens is 285 g/mol. The number of nitrogens with one attached hydrogen (secondary N) is 1. The van der Waals surface area contributed by atoms with E-state index in [9.17, 15) is 18.0 Å². The number of halogens is 3. The summed E-state index contributed by atoms with van der Waals surface area (Å²) in [5.74, 6) is -0.290. The van der Waals surface area contributed by atoms with E-state index >= 15 is 0 Å². The van der Waals surface area contributed by atoms with Crippen LogP contribution in [0.1, 0.15) is 44.9 Å². The number of pyridine rings is 1. The van der Waals surface area contributed by atoms with Gasteiger partial charge in [-0.05, 0) is 44.4 Å². The van der Waals surface area contributed by atoms with Gasteiger partial charge in [0, 0.05) is 12.7 Å². The first kappa shape index (κ1) is 17.3. The normalized spacial score (nSPS) is 13.7. The number of alkyl halides is 3. The van der Waals surface area contributed by atoms with Crippen molar-refractivity contribution in [2.45, 2.75) is 45.4 Å². The van der Waals surface area contributed by atoms with Gasteiger partial charge in [-0.15, -0.1) is 0 Å². The second kappa shape index (κ2) is 6.32. The molecule has 1 amide bonds. The maximum Gasteiger partial charge on any atom is 0.433 e. The predicted octanol–water partition coefficient (Wildman–Crippen LogP) is 3.73. The van der Waals surface area contributed by atoms with Crippen molar-refractivity contribution in [1.29, 1.82) is 0 Å². The van der Waals surface area contributed by atoms with E-state index in [-0.39, 0.29) is 12.5 Å². The minimum atomic E-state index is -4.48. The van der Waals surface area contributed by atoms with E-state index in [2.05, 4.69) is 10.3 Å². The van der Waals surface area contributed by atoms with Crippen molar-refractivity contribution >= 4 is 6.09 Å². The van der Waals surface area contributed by atoms with Gasteiger partial charge in [-0.3, -0.25) is 4.98 Å². The summed E-state index contributed by atoms with van der Waals surface area (Å²) < 4.78 is 42.8. The fourth-order valence-corrected chi connectivity index (χ4v) is 1.58. The quantitative estimate of drug-likeness (QED) is 0.925. The van der Waals surface area contributed by atoms with E-state index in [0.717, 1.165) is 12.3 Å². The summed E-state index contributed by atoms with van der Waals surface area (Å²) in [7, 11) is 0. The molecule has 0 saturated carbocycles. The van der Waals surface area contributed by atoms with Crippen LogP contribution >= 0.6 is 0 Å². The van der Waals surface area contributed by atoms with E-state index in [1.54, 1.807) is 27.7 Å². The van der Waals surface area contributed by atoms with E-state index in [1.165, 1.54) is 6.07 Å². The number of rotatable bonds is 3. The number of alkyl carbamates (subject to hydrolysis) is 1. The van der Waals surface area contributed by atoms with Gasteiger partial charge in [-0.25, -0.2) is 4.79 Å². The van der Waals surface area contributed by atoms with Crippen molar-refractivity contribution < 1.29 is 22.7 Å². The van der Waals surface area contributed by atoms with Crippen LogP contribution in [0.25, 0.3) is 0 Å². The number of carbonyl (C=O) groups excluding carboxylic acids is 1. The summed E-state index contributed by atoms with van der Waals surface area (Å²) in [6.07, 6.45) is -3.96. The van der Waals surface area contributed by atoms with Crippen LogP contribution in [0, 0.1) is 0 Å². The summed E-state index contributed by atoms with van der Waals surface area (Å²) in [5.41, 5.74) is -1.11. The Kier molecular flexibility index (Phi) is 5.20. The molecule has 0 saturated heterocycles. The van der Waals surface area contributed by atoms with Gasteiger partial charge in [0.1, 0.15) is 11.3 Å². The number of ether oxygens (including phenoxy) is 1. The number of aromatic nitrogens is 1. The first-order chi connectivity index (χ1) is 9.49. The molecule has 21 heavy (non-hydrogen) atoms. The Bertz CT molecular complexity index is 496. The third-order valence-electron chi connectivity index (χ3n) is 2.59. The molecule has 0 aromatic carbocycles. The van der Waals surface area contributed by atoms with Gasteiger partial charge in [0.15, 0.2) is 0 Å². The predicted molar refractivity (Wildman–Crippen MR) is 71.9 cm³/mol. The number of hydrogen-bond donors (Lipinski definition) is 1. The van der Waals surface area contributed by atoms with E-state index < -0.39 is 23.6 Å². The highest BCUT2D eigenvalue weighted by molar-refractivity contribution is 5.67. The monoisotopic (exact) mass is 304 g/mol. The zero-order valence-corrected chi connectivity index (χ0v) is 12.4. The van der Waals surface area contributed by atoms with Crippen LogP contribution in [0.4, 0.5) is 18.0 Å². The van der Waals surface area contributed by atoms with Crippen LogP contribution < -0.4 is 5.32 Å². The van der Waals surface area contributed by atoms with Crippen molar-refractivity contribution in [3.05, 3.63) is 29.6 Å². The molecule has 0 aliphatic heterocycles. The fourth-order valence-electron chi connectivity index (χ4n) is 1.58. The van der Waals surface area contributed by atoms with Crippen molar-refractivity contribution in [2.75, 3.05) is 6.54 Å². The summed E-state index contributed by atoms with van der Waals surface area (Å²) in [4.78, 5) is 14.8. The van der Waals surface area contributed by atoms with Crippen LogP contribution in [-0.2, 0) is 10.9 Å². The average molecular weight is 304 g/mol. The van der Waals surface area contributed by atoms with Crippen molar-refractivity contribution in [1.82, 2.24) is 10.3 Å². The molecule has 1 N–H and O–H groups in total. The molecular formula is C14H19F3N2O2. The highest BCUT2D eigenvalue weighted by Crippen LogP contribution is 2.29. The standard InChI is InChI=1S/C14H19F3N2O2/c1-9(8-19-12(20)21-13(2,3)4)10-5-6-18-11(7-10)14(15,16)17/h5-7,9H,8H2,1-4H3,(H,19,20). The van der Waals surface area contributed by atoms with Gasteiger partial charge in [-0.2, -0.15) is 13.2 Å². The molecule has 0 spiro atoms. The summed E-state index contributed by atoms with van der Waals surface area (Å²) in [5, 5.41) is 2.53. The van der Waals surface area contributed by atoms with Crippen molar-refractivity contribution in [3.63, 3.8) is 0 Å². The second-order valence-electron chi connectivity index (χ2n) is 5.76. The van der Waals surface area contributed by atoms with Crippen LogP contribution in [-0.4, -0.2) is 23.2 Å². The highest BCUT2D eigenvalue weighted by Gasteiger charge is 2.32. The number of carbonyl (C=O) groups is 1. The first-order valence-corrected chi connectivity index (χ1v) is 6.49. The molecule has 118 valence electrons. The molecule has 1 unspecified atom stereocenters. The third-order valence-corrected chi connectivity index (χ3v) is 2.59. The maximum atomic E-state index is 12.6. The molecule has 1 aromatic heterocycles. The molecule has 0 radical (unpaired) electrons. The van der Waals surface area contributed by atoms with Crippen LogP contribution in [0.15, 0.2) is 18.3 Å². The van der Waals surface area contributed by atoms with Gasteiger partial charge in [0.05, 0.1) is 0 Å². The first-order valence-electron chi connectivity index (χ1n) is 6.49. The second-order valence-corrected chi connectivity index (χ2v) is 5.76. The summed E-state index contributed by atoms with van der Waals surface area (Å²) in [6.45, 7) is 7.08. The highest BCUT2D eigenvalue weighted by atomic mass is 19.4. The third kappa shape index (κ3) is 6.01. The Morgan fingerprint density at radius 1 is 1.38 bits per heavy atom. The van der Waals surface area contributed by atoms with E-state index in [1.807, 2.05) is 0 Å². The Morgan fingerprint density at radius 2 is 2.00 bits per heavy atom. The van der Waals surface area contributed by atoms with Crippen LogP contribution in [0.3, 0.4) is 0 Å². The SMILES string of the molecule is CC(CNC(=O)OC(C)(C)C)c1ccnc(C(F)(F)F)c1. The largest absolute Gasteiger partial charge is 0.444 e. The average Bonchev–Trinajstić information content (AvgIpc) is 2.33. The van der Waals surface area contributed by atoms with Gasteiger partial charge in [-0.1, -0.05) is 6.92 Å². The van der Waals surface area contributed by atoms with E-state index in [0.29, 0.717) is 5.56 Å². The lowest BCUT2D eigenvalue weighted by molar-refractivity contribution is -0.141. The minimum absolute atomic E-state index is 0.177. The van der Waals surface area contributed by atoms with Crippen molar-refractivity contribution in [3.8, 4) is 0 Å². The summed E-state index contributed by atoms with van der Waals surface area (Å²) >= 11 is 0. The van der Waals surface area contributed by atoms with Crippen LogP contribution in [0.5, 0.6) is 0 Å². The topological polar surface area (TPSA) is 51.2 Å². The molecule has 0 fully saturated rings.